The molecule has 4 heteroatoms. The van der Waals surface area contributed by atoms with Gasteiger partial charge in [0.2, 0.25) is 0 Å². The summed E-state index contributed by atoms with van der Waals surface area (Å²) in [7, 11) is 0. The van der Waals surface area contributed by atoms with Crippen LogP contribution in [0.2, 0.25) is 0 Å². The number of benzene rings is 1. The summed E-state index contributed by atoms with van der Waals surface area (Å²) in [5.74, 6) is 0.737. The van der Waals surface area contributed by atoms with Gasteiger partial charge in [0.1, 0.15) is 11.8 Å². The normalized spacial score (nSPS) is 20.1. The molecule has 4 nitrogen and oxygen atoms in total. The number of ether oxygens (including phenoxy) is 1. The highest BCUT2D eigenvalue weighted by molar-refractivity contribution is 5.48. The second-order valence-corrected chi connectivity index (χ2v) is 5.76. The zero-order valence-corrected chi connectivity index (χ0v) is 12.8. The maximum Gasteiger partial charge on any atom is 0.174 e. The molecule has 0 aromatic heterocycles. The largest absolute Gasteiger partial charge is 0.479 e. The van der Waals surface area contributed by atoms with E-state index < -0.39 is 0 Å². The molecule has 1 aliphatic heterocycles. The zero-order chi connectivity index (χ0) is 14.9. The molecule has 2 unspecified atom stereocenters. The van der Waals surface area contributed by atoms with Crippen LogP contribution in [-0.2, 0) is 0 Å². The molecule has 2 N–H and O–H groups in total. The van der Waals surface area contributed by atoms with Crippen molar-refractivity contribution in [1.29, 1.82) is 5.26 Å². The highest BCUT2D eigenvalue weighted by Crippen LogP contribution is 2.20. The fourth-order valence-electron chi connectivity index (χ4n) is 2.86. The van der Waals surface area contributed by atoms with Crippen LogP contribution in [0.1, 0.15) is 39.0 Å². The van der Waals surface area contributed by atoms with Gasteiger partial charge in [-0.3, -0.25) is 0 Å². The van der Waals surface area contributed by atoms with Crippen LogP contribution in [-0.4, -0.2) is 25.2 Å². The number of hydrogen-bond acceptors (Lipinski definition) is 4. The van der Waals surface area contributed by atoms with Crippen LogP contribution < -0.4 is 15.4 Å². The highest BCUT2D eigenvalue weighted by Gasteiger charge is 2.14. The van der Waals surface area contributed by atoms with Crippen LogP contribution in [0.5, 0.6) is 5.75 Å². The molecule has 1 heterocycles. The van der Waals surface area contributed by atoms with Crippen LogP contribution in [0, 0.1) is 11.3 Å². The van der Waals surface area contributed by atoms with Gasteiger partial charge >= 0.3 is 0 Å². The topological polar surface area (TPSA) is 57.1 Å². The van der Waals surface area contributed by atoms with Gasteiger partial charge in [-0.1, -0.05) is 18.9 Å². The molecule has 2 rings (SSSR count). The van der Waals surface area contributed by atoms with Crippen molar-refractivity contribution in [1.82, 2.24) is 5.32 Å². The predicted molar refractivity (Wildman–Crippen MR) is 85.5 cm³/mol. The highest BCUT2D eigenvalue weighted by atomic mass is 16.5. The van der Waals surface area contributed by atoms with Gasteiger partial charge in [0.25, 0.3) is 0 Å². The molecule has 1 aromatic carbocycles. The van der Waals surface area contributed by atoms with E-state index in [1.165, 1.54) is 25.7 Å². The average Bonchev–Trinajstić information content (AvgIpc) is 2.74. The fourth-order valence-corrected chi connectivity index (χ4v) is 2.86. The smallest absolute Gasteiger partial charge is 0.174 e. The third-order valence-corrected chi connectivity index (χ3v) is 3.85. The van der Waals surface area contributed by atoms with Crippen molar-refractivity contribution in [2.45, 2.75) is 51.1 Å². The Labute approximate surface area is 127 Å². The van der Waals surface area contributed by atoms with E-state index in [1.54, 1.807) is 0 Å². The second-order valence-electron chi connectivity index (χ2n) is 5.76. The minimum absolute atomic E-state index is 0.0883. The fraction of sp³-hybridized carbons (Fsp3) is 0.588. The summed E-state index contributed by atoms with van der Waals surface area (Å²) in [6.45, 7) is 3.45. The summed E-state index contributed by atoms with van der Waals surface area (Å²) in [5, 5.41) is 15.7. The second kappa shape index (κ2) is 8.53. The van der Waals surface area contributed by atoms with Gasteiger partial charge < -0.3 is 15.4 Å². The molecule has 1 fully saturated rings. The molecule has 0 amide bonds. The van der Waals surface area contributed by atoms with Gasteiger partial charge in [0.15, 0.2) is 6.61 Å². The zero-order valence-electron chi connectivity index (χ0n) is 12.8. The van der Waals surface area contributed by atoms with Gasteiger partial charge in [-0.05, 0) is 44.9 Å². The maximum atomic E-state index is 8.55. The van der Waals surface area contributed by atoms with Crippen molar-refractivity contribution < 1.29 is 4.74 Å². The number of hydrogen-bond donors (Lipinski definition) is 2. The summed E-state index contributed by atoms with van der Waals surface area (Å²) in [6.07, 6.45) is 6.39. The van der Waals surface area contributed by atoms with Gasteiger partial charge in [-0.2, -0.15) is 5.26 Å². The van der Waals surface area contributed by atoms with Crippen molar-refractivity contribution >= 4 is 5.69 Å². The number of rotatable bonds is 6. The number of nitrogens with zero attached hydrogens (tertiary/aromatic N) is 1. The lowest BCUT2D eigenvalue weighted by molar-refractivity contribution is 0.368. The molecule has 1 aliphatic rings. The summed E-state index contributed by atoms with van der Waals surface area (Å²) >= 11 is 0. The summed E-state index contributed by atoms with van der Waals surface area (Å²) in [6, 6.07) is 10.8. The van der Waals surface area contributed by atoms with E-state index in [0.29, 0.717) is 12.1 Å². The van der Waals surface area contributed by atoms with E-state index in [0.717, 1.165) is 24.4 Å². The first-order valence-corrected chi connectivity index (χ1v) is 7.87. The van der Waals surface area contributed by atoms with E-state index in [9.17, 15) is 0 Å². The molecule has 0 spiro atoms. The molecular weight excluding hydrogens is 262 g/mol. The molecule has 0 bridgehead atoms. The van der Waals surface area contributed by atoms with E-state index in [4.69, 9.17) is 10.00 Å². The molecule has 0 radical (unpaired) electrons. The van der Waals surface area contributed by atoms with E-state index >= 15 is 0 Å². The van der Waals surface area contributed by atoms with Crippen molar-refractivity contribution in [2.24, 2.45) is 0 Å². The van der Waals surface area contributed by atoms with Gasteiger partial charge in [0, 0.05) is 23.8 Å². The van der Waals surface area contributed by atoms with E-state index in [-0.39, 0.29) is 6.61 Å². The molecule has 1 saturated heterocycles. The molecule has 0 saturated carbocycles. The molecule has 21 heavy (non-hydrogen) atoms. The van der Waals surface area contributed by atoms with Crippen LogP contribution in [0.4, 0.5) is 5.69 Å². The Hall–Kier alpha value is -1.73. The molecule has 1 aromatic rings. The Morgan fingerprint density at radius 1 is 1.43 bits per heavy atom. The number of nitriles is 1. The van der Waals surface area contributed by atoms with E-state index in [2.05, 4.69) is 17.6 Å². The monoisotopic (exact) mass is 287 g/mol. The quantitative estimate of drug-likeness (QED) is 0.843. The standard InChI is InChI=1S/C17H25N3O/c1-14(12-15-6-3-2-4-10-19-15)20-16-7-5-8-17(13-16)21-11-9-18/h5,7-8,13-15,19-20H,2-4,6,10-12H2,1H3. The number of anilines is 1. The van der Waals surface area contributed by atoms with Crippen LogP contribution >= 0.6 is 0 Å². The Balaban J connectivity index is 1.83. The molecule has 114 valence electrons. The lowest BCUT2D eigenvalue weighted by Crippen LogP contribution is -2.33. The Kier molecular flexibility index (Phi) is 6.36. The third kappa shape index (κ3) is 5.65. The van der Waals surface area contributed by atoms with Gasteiger partial charge in [0.05, 0.1) is 0 Å². The maximum absolute atomic E-state index is 8.55. The molecule has 2 atom stereocenters. The lowest BCUT2D eigenvalue weighted by Gasteiger charge is -2.22. The van der Waals surface area contributed by atoms with Crippen molar-refractivity contribution in [3.8, 4) is 11.8 Å². The summed E-state index contributed by atoms with van der Waals surface area (Å²) in [5.41, 5.74) is 1.05. The van der Waals surface area contributed by atoms with Crippen molar-refractivity contribution in [2.75, 3.05) is 18.5 Å². The van der Waals surface area contributed by atoms with E-state index in [1.807, 2.05) is 30.3 Å². The first-order valence-electron chi connectivity index (χ1n) is 7.87. The van der Waals surface area contributed by atoms with Gasteiger partial charge in [-0.15, -0.1) is 0 Å². The molecule has 0 aliphatic carbocycles. The predicted octanol–water partition coefficient (Wildman–Crippen LogP) is 3.31. The Bertz CT molecular complexity index is 461. The lowest BCUT2D eigenvalue weighted by atomic mass is 10.0. The van der Waals surface area contributed by atoms with Crippen LogP contribution in [0.25, 0.3) is 0 Å². The van der Waals surface area contributed by atoms with Crippen molar-refractivity contribution in [3.05, 3.63) is 24.3 Å². The van der Waals surface area contributed by atoms with Crippen LogP contribution in [0.15, 0.2) is 24.3 Å². The SMILES string of the molecule is CC(CC1CCCCCN1)Nc1cccc(OCC#N)c1. The average molecular weight is 287 g/mol. The first-order chi connectivity index (χ1) is 10.3. The Morgan fingerprint density at radius 2 is 2.33 bits per heavy atom. The molecular formula is C17H25N3O. The Morgan fingerprint density at radius 3 is 3.19 bits per heavy atom. The van der Waals surface area contributed by atoms with Crippen molar-refractivity contribution in [3.63, 3.8) is 0 Å². The van der Waals surface area contributed by atoms with Crippen LogP contribution in [0.3, 0.4) is 0 Å². The third-order valence-electron chi connectivity index (χ3n) is 3.85. The minimum atomic E-state index is 0.0883. The van der Waals surface area contributed by atoms with Gasteiger partial charge in [-0.25, -0.2) is 0 Å². The summed E-state index contributed by atoms with van der Waals surface area (Å²) in [4.78, 5) is 0. The first kappa shape index (κ1) is 15.7. The minimum Gasteiger partial charge on any atom is -0.479 e. The number of nitrogens with one attached hydrogen (secondary N) is 2. The summed E-state index contributed by atoms with van der Waals surface area (Å²) < 4.78 is 5.33.